The van der Waals surface area contributed by atoms with Gasteiger partial charge in [0.15, 0.2) is 0 Å². The Morgan fingerprint density at radius 1 is 1.11 bits per heavy atom. The summed E-state index contributed by atoms with van der Waals surface area (Å²) in [4.78, 5) is 15.5. The molecule has 0 radical (unpaired) electrons. The van der Waals surface area contributed by atoms with E-state index in [0.29, 0.717) is 36.0 Å². The number of carbonyl (C=O) groups excluding carboxylic acids is 1. The lowest BCUT2D eigenvalue weighted by Gasteiger charge is -2.44. The van der Waals surface area contributed by atoms with Gasteiger partial charge in [-0.1, -0.05) is 12.1 Å². The van der Waals surface area contributed by atoms with Crippen LogP contribution in [0.2, 0.25) is 0 Å². The van der Waals surface area contributed by atoms with Crippen molar-refractivity contribution in [3.05, 3.63) is 59.7 Å². The topological polar surface area (TPSA) is 123 Å². The van der Waals surface area contributed by atoms with Gasteiger partial charge in [-0.15, -0.1) is 10.2 Å². The lowest BCUT2D eigenvalue weighted by molar-refractivity contribution is -0.0106. The van der Waals surface area contributed by atoms with Crippen molar-refractivity contribution in [1.29, 1.82) is 0 Å². The maximum atomic E-state index is 13.6. The summed E-state index contributed by atoms with van der Waals surface area (Å²) >= 11 is 0. The molecule has 1 amide bonds. The monoisotopic (exact) mass is 515 g/mol. The third-order valence-corrected chi connectivity index (χ3v) is 7.54. The number of aromatic amines is 1. The van der Waals surface area contributed by atoms with Crippen LogP contribution in [0.15, 0.2) is 48.5 Å². The van der Waals surface area contributed by atoms with Crippen molar-refractivity contribution in [2.24, 2.45) is 0 Å². The van der Waals surface area contributed by atoms with Crippen LogP contribution in [0.1, 0.15) is 35.2 Å². The van der Waals surface area contributed by atoms with Gasteiger partial charge in [-0.3, -0.25) is 4.79 Å². The number of nitrogens with one attached hydrogen (secondary N) is 1. The van der Waals surface area contributed by atoms with Crippen molar-refractivity contribution in [3.8, 4) is 28.6 Å². The number of hydrogen-bond acceptors (Lipinski definition) is 8. The third-order valence-electron chi connectivity index (χ3n) is 7.54. The number of aryl methyl sites for hydroxylation is 1. The van der Waals surface area contributed by atoms with Crippen LogP contribution in [0.5, 0.6) is 17.2 Å². The molecule has 0 bridgehead atoms. The number of hydrogen-bond donors (Lipinski definition) is 2. The Balaban J connectivity index is 1.19. The molecule has 10 heteroatoms. The molecule has 0 unspecified atom stereocenters. The second-order valence-corrected chi connectivity index (χ2v) is 9.74. The summed E-state index contributed by atoms with van der Waals surface area (Å²) in [5.74, 6) is 2.62. The van der Waals surface area contributed by atoms with Gasteiger partial charge >= 0.3 is 0 Å². The molecular weight excluding hydrogens is 486 g/mol. The van der Waals surface area contributed by atoms with Crippen molar-refractivity contribution in [1.82, 2.24) is 25.5 Å². The van der Waals surface area contributed by atoms with Crippen LogP contribution in [0.25, 0.3) is 22.2 Å². The number of H-pyrrole nitrogens is 1. The molecule has 1 fully saturated rings. The first kappa shape index (κ1) is 24.2. The van der Waals surface area contributed by atoms with Gasteiger partial charge in [0, 0.05) is 47.8 Å². The summed E-state index contributed by atoms with van der Waals surface area (Å²) in [5, 5.41) is 25.2. The van der Waals surface area contributed by atoms with E-state index in [1.165, 1.54) is 0 Å². The number of nitrogens with zero attached hydrogens (tertiary/aromatic N) is 4. The summed E-state index contributed by atoms with van der Waals surface area (Å²) in [6, 6.07) is 15.3. The van der Waals surface area contributed by atoms with Gasteiger partial charge < -0.3 is 24.2 Å². The normalized spacial score (nSPS) is 16.2. The largest absolute Gasteiger partial charge is 0.496 e. The highest BCUT2D eigenvalue weighted by Gasteiger charge is 2.40. The van der Waals surface area contributed by atoms with Crippen LogP contribution >= 0.6 is 0 Å². The lowest BCUT2D eigenvalue weighted by atomic mass is 9.82. The summed E-state index contributed by atoms with van der Waals surface area (Å²) in [6.45, 7) is 1.24. The molecule has 3 aromatic carbocycles. The van der Waals surface area contributed by atoms with Crippen molar-refractivity contribution < 1.29 is 24.1 Å². The molecule has 0 aliphatic carbocycles. The number of rotatable bonds is 6. The van der Waals surface area contributed by atoms with Crippen LogP contribution in [-0.4, -0.2) is 75.6 Å². The summed E-state index contributed by atoms with van der Waals surface area (Å²) in [7, 11) is 1.61. The van der Waals surface area contributed by atoms with E-state index in [2.05, 4.69) is 26.7 Å². The van der Waals surface area contributed by atoms with Crippen LogP contribution in [0.3, 0.4) is 0 Å². The molecule has 10 nitrogen and oxygen atoms in total. The van der Waals surface area contributed by atoms with Crippen LogP contribution in [-0.2, 0) is 6.42 Å². The zero-order chi connectivity index (χ0) is 26.1. The minimum Gasteiger partial charge on any atom is -0.496 e. The molecule has 3 heterocycles. The minimum atomic E-state index is -0.278. The maximum absolute atomic E-state index is 13.6. The molecule has 2 N–H and O–H groups in total. The van der Waals surface area contributed by atoms with Gasteiger partial charge in [-0.25, -0.2) is 0 Å². The number of methoxy groups -OCH3 is 1. The highest BCUT2D eigenvalue weighted by atomic mass is 16.5. The molecule has 38 heavy (non-hydrogen) atoms. The highest BCUT2D eigenvalue weighted by molar-refractivity contribution is 6.02. The maximum Gasteiger partial charge on any atom is 0.254 e. The van der Waals surface area contributed by atoms with E-state index < -0.39 is 0 Å². The summed E-state index contributed by atoms with van der Waals surface area (Å²) in [5.41, 5.74) is 2.30. The van der Waals surface area contributed by atoms with Gasteiger partial charge in [0.25, 0.3) is 5.91 Å². The summed E-state index contributed by atoms with van der Waals surface area (Å²) < 4.78 is 17.9. The number of carbonyl (C=O) groups is 1. The fraction of sp³-hybridized carbons (Fsp3) is 0.357. The molecule has 1 aromatic heterocycles. The van der Waals surface area contributed by atoms with E-state index in [4.69, 9.17) is 14.2 Å². The lowest BCUT2D eigenvalue weighted by Crippen LogP contribution is -2.51. The van der Waals surface area contributed by atoms with E-state index >= 15 is 0 Å². The van der Waals surface area contributed by atoms with E-state index in [9.17, 15) is 9.90 Å². The van der Waals surface area contributed by atoms with Gasteiger partial charge in [-0.2, -0.15) is 5.21 Å². The quantitative estimate of drug-likeness (QED) is 0.401. The van der Waals surface area contributed by atoms with Crippen molar-refractivity contribution >= 4 is 16.7 Å². The van der Waals surface area contributed by atoms with Crippen LogP contribution < -0.4 is 14.2 Å². The fourth-order valence-electron chi connectivity index (χ4n) is 5.50. The molecule has 0 atom stereocenters. The Morgan fingerprint density at radius 3 is 2.74 bits per heavy atom. The van der Waals surface area contributed by atoms with Gasteiger partial charge in [0.1, 0.15) is 29.5 Å². The second-order valence-electron chi connectivity index (χ2n) is 9.74. The molecule has 196 valence electrons. The van der Waals surface area contributed by atoms with E-state index in [0.717, 1.165) is 53.3 Å². The number of amides is 1. The van der Waals surface area contributed by atoms with Gasteiger partial charge in [0.05, 0.1) is 13.7 Å². The van der Waals surface area contributed by atoms with Crippen molar-refractivity contribution in [2.75, 3.05) is 33.4 Å². The zero-order valence-corrected chi connectivity index (χ0v) is 21.1. The SMILES string of the molecule is COc1cccc2c(OCCO)cc(C(=O)N3CCC4(CCc5cc(-c6nn[nH]n6)ccc5O4)CC3)cc12. The number of aromatic nitrogens is 4. The van der Waals surface area contributed by atoms with Crippen molar-refractivity contribution in [3.63, 3.8) is 0 Å². The molecule has 1 spiro atoms. The smallest absolute Gasteiger partial charge is 0.254 e. The fourth-order valence-corrected chi connectivity index (χ4v) is 5.50. The number of aliphatic hydroxyl groups is 1. The minimum absolute atomic E-state index is 0.0533. The molecule has 2 aliphatic rings. The number of tetrazole rings is 1. The molecule has 1 saturated heterocycles. The average molecular weight is 516 g/mol. The molecule has 4 aromatic rings. The van der Waals surface area contributed by atoms with Gasteiger partial charge in [0.2, 0.25) is 5.82 Å². The molecular formula is C28H29N5O5. The predicted octanol–water partition coefficient (Wildman–Crippen LogP) is 3.40. The molecule has 6 rings (SSSR count). The standard InChI is InChI=1S/C28H29N5O5/c1-36-24-4-2-3-21-22(24)16-20(17-25(21)37-14-13-34)27(35)33-11-9-28(10-12-33)8-7-18-15-19(5-6-23(18)38-28)26-29-31-32-30-26/h2-6,15-17,34H,7-14H2,1H3,(H,29,30,31,32). The second kappa shape index (κ2) is 9.94. The Bertz CT molecular complexity index is 1460. The number of piperidine rings is 1. The predicted molar refractivity (Wildman–Crippen MR) is 140 cm³/mol. The first-order chi connectivity index (χ1) is 18.6. The van der Waals surface area contributed by atoms with E-state index in [-0.39, 0.29) is 24.7 Å². The van der Waals surface area contributed by atoms with Crippen LogP contribution in [0.4, 0.5) is 0 Å². The highest BCUT2D eigenvalue weighted by Crippen LogP contribution is 2.41. The molecule has 0 saturated carbocycles. The van der Waals surface area contributed by atoms with E-state index in [1.54, 1.807) is 13.2 Å². The Kier molecular flexibility index (Phi) is 6.32. The Labute approximate surface area is 219 Å². The van der Waals surface area contributed by atoms with Crippen molar-refractivity contribution in [2.45, 2.75) is 31.3 Å². The number of benzene rings is 3. The number of fused-ring (bicyclic) bond motifs is 2. The average Bonchev–Trinajstić information content (AvgIpc) is 3.50. The Morgan fingerprint density at radius 2 is 1.97 bits per heavy atom. The third kappa shape index (κ3) is 4.41. The Hall–Kier alpha value is -4.18. The number of aliphatic hydroxyl groups excluding tert-OH is 1. The first-order valence-corrected chi connectivity index (χ1v) is 12.8. The van der Waals surface area contributed by atoms with E-state index in [1.807, 2.05) is 41.3 Å². The number of ether oxygens (including phenoxy) is 3. The van der Waals surface area contributed by atoms with Crippen LogP contribution in [0, 0.1) is 0 Å². The van der Waals surface area contributed by atoms with Gasteiger partial charge in [-0.05, 0) is 60.0 Å². The number of likely N-dealkylation sites (tertiary alicyclic amines) is 1. The molecule has 2 aliphatic heterocycles. The summed E-state index contributed by atoms with van der Waals surface area (Å²) in [6.07, 6.45) is 3.31. The zero-order valence-electron chi connectivity index (χ0n) is 21.1. The first-order valence-electron chi connectivity index (χ1n) is 12.8.